The molecule has 0 bridgehead atoms. The molecule has 1 aromatic heterocycles. The SMILES string of the molecule is CCOC(=O)c1cnc(-c2cccc(C(F)(F)F)c2)nc1NCCCN(C)c1ccccc1. The molecule has 2 aromatic carbocycles. The van der Waals surface area contributed by atoms with Crippen LogP contribution in [-0.2, 0) is 10.9 Å². The fourth-order valence-electron chi connectivity index (χ4n) is 3.18. The minimum absolute atomic E-state index is 0.0815. The van der Waals surface area contributed by atoms with Gasteiger partial charge in [0.15, 0.2) is 5.82 Å². The van der Waals surface area contributed by atoms with Crippen molar-refractivity contribution in [2.45, 2.75) is 19.5 Å². The highest BCUT2D eigenvalue weighted by atomic mass is 19.4. The van der Waals surface area contributed by atoms with Gasteiger partial charge in [0, 0.05) is 37.6 Å². The van der Waals surface area contributed by atoms with Crippen molar-refractivity contribution in [2.75, 3.05) is 37.0 Å². The molecule has 0 aliphatic rings. The van der Waals surface area contributed by atoms with E-state index in [0.717, 1.165) is 30.8 Å². The van der Waals surface area contributed by atoms with Gasteiger partial charge in [-0.05, 0) is 37.6 Å². The molecule has 0 atom stereocenters. The summed E-state index contributed by atoms with van der Waals surface area (Å²) in [5.41, 5.74) is 0.617. The van der Waals surface area contributed by atoms with Crippen molar-refractivity contribution in [1.29, 1.82) is 0 Å². The highest BCUT2D eigenvalue weighted by Crippen LogP contribution is 2.31. The van der Waals surface area contributed by atoms with Gasteiger partial charge in [0.25, 0.3) is 0 Å². The van der Waals surface area contributed by atoms with E-state index in [0.29, 0.717) is 6.54 Å². The Bertz CT molecular complexity index is 1070. The van der Waals surface area contributed by atoms with Gasteiger partial charge in [0.05, 0.1) is 12.2 Å². The molecule has 3 aromatic rings. The van der Waals surface area contributed by atoms with E-state index in [4.69, 9.17) is 4.74 Å². The van der Waals surface area contributed by atoms with E-state index >= 15 is 0 Å². The number of nitrogens with one attached hydrogen (secondary N) is 1. The number of nitrogens with zero attached hydrogens (tertiary/aromatic N) is 3. The lowest BCUT2D eigenvalue weighted by Gasteiger charge is -2.19. The number of carbonyl (C=O) groups excluding carboxylic acids is 1. The Balaban J connectivity index is 1.77. The zero-order valence-corrected chi connectivity index (χ0v) is 18.4. The van der Waals surface area contributed by atoms with Crippen LogP contribution in [0.2, 0.25) is 0 Å². The second-order valence-electron chi connectivity index (χ2n) is 7.29. The van der Waals surface area contributed by atoms with Crippen molar-refractivity contribution < 1.29 is 22.7 Å². The largest absolute Gasteiger partial charge is 0.462 e. The standard InChI is InChI=1S/C24H25F3N4O2/c1-3-33-23(32)20-16-29-21(17-9-7-10-18(15-17)24(25,26)27)30-22(20)28-13-8-14-31(2)19-11-5-4-6-12-19/h4-7,9-12,15-16H,3,8,13-14H2,1-2H3,(H,28,29,30). The van der Waals surface area contributed by atoms with E-state index in [1.54, 1.807) is 6.92 Å². The van der Waals surface area contributed by atoms with Crippen LogP contribution in [0.4, 0.5) is 24.7 Å². The molecule has 0 unspecified atom stereocenters. The third kappa shape index (κ3) is 6.44. The van der Waals surface area contributed by atoms with Crippen molar-refractivity contribution in [3.63, 3.8) is 0 Å². The van der Waals surface area contributed by atoms with Crippen molar-refractivity contribution in [3.05, 3.63) is 71.9 Å². The van der Waals surface area contributed by atoms with Gasteiger partial charge in [-0.2, -0.15) is 13.2 Å². The Morgan fingerprint density at radius 2 is 1.88 bits per heavy atom. The van der Waals surface area contributed by atoms with E-state index in [1.165, 1.54) is 18.3 Å². The third-order valence-electron chi connectivity index (χ3n) is 4.89. The fraction of sp³-hybridized carbons (Fsp3) is 0.292. The highest BCUT2D eigenvalue weighted by molar-refractivity contribution is 5.94. The van der Waals surface area contributed by atoms with Crippen molar-refractivity contribution in [1.82, 2.24) is 9.97 Å². The monoisotopic (exact) mass is 458 g/mol. The predicted octanol–water partition coefficient (Wildman–Crippen LogP) is 5.28. The first-order valence-electron chi connectivity index (χ1n) is 10.5. The summed E-state index contributed by atoms with van der Waals surface area (Å²) in [7, 11) is 1.98. The molecule has 0 saturated carbocycles. The number of para-hydroxylation sites is 1. The molecule has 9 heteroatoms. The van der Waals surface area contributed by atoms with E-state index < -0.39 is 17.7 Å². The maximum absolute atomic E-state index is 13.1. The number of hydrogen-bond donors (Lipinski definition) is 1. The lowest BCUT2D eigenvalue weighted by atomic mass is 10.1. The summed E-state index contributed by atoms with van der Waals surface area (Å²) in [5.74, 6) is -0.298. The maximum atomic E-state index is 13.1. The molecule has 0 radical (unpaired) electrons. The molecule has 3 rings (SSSR count). The first-order chi connectivity index (χ1) is 15.8. The highest BCUT2D eigenvalue weighted by Gasteiger charge is 2.30. The number of rotatable bonds is 9. The van der Waals surface area contributed by atoms with Crippen molar-refractivity contribution in [3.8, 4) is 11.4 Å². The smallest absolute Gasteiger partial charge is 0.416 e. The number of benzene rings is 2. The van der Waals surface area contributed by atoms with Crippen LogP contribution in [0.5, 0.6) is 0 Å². The average Bonchev–Trinajstić information content (AvgIpc) is 2.82. The van der Waals surface area contributed by atoms with Crippen molar-refractivity contribution in [2.24, 2.45) is 0 Å². The van der Waals surface area contributed by atoms with Crippen LogP contribution >= 0.6 is 0 Å². The Hall–Kier alpha value is -3.62. The number of halogens is 3. The van der Waals surface area contributed by atoms with Gasteiger partial charge < -0.3 is 15.0 Å². The van der Waals surface area contributed by atoms with Gasteiger partial charge in [-0.3, -0.25) is 0 Å². The molecule has 0 aliphatic heterocycles. The molecule has 33 heavy (non-hydrogen) atoms. The number of aromatic nitrogens is 2. The van der Waals surface area contributed by atoms with Crippen LogP contribution in [0, 0.1) is 0 Å². The molecule has 1 heterocycles. The minimum Gasteiger partial charge on any atom is -0.462 e. The van der Waals surface area contributed by atoms with Gasteiger partial charge in [0.1, 0.15) is 11.4 Å². The van der Waals surface area contributed by atoms with Gasteiger partial charge in [0.2, 0.25) is 0 Å². The fourth-order valence-corrected chi connectivity index (χ4v) is 3.18. The molecule has 0 spiro atoms. The molecular formula is C24H25F3N4O2. The Kier molecular flexibility index (Phi) is 7.87. The summed E-state index contributed by atoms with van der Waals surface area (Å²) in [6.07, 6.45) is -2.47. The third-order valence-corrected chi connectivity index (χ3v) is 4.89. The van der Waals surface area contributed by atoms with Crippen molar-refractivity contribution >= 4 is 17.5 Å². The number of alkyl halides is 3. The topological polar surface area (TPSA) is 67.3 Å². The zero-order valence-electron chi connectivity index (χ0n) is 18.4. The van der Waals surface area contributed by atoms with E-state index in [2.05, 4.69) is 20.2 Å². The van der Waals surface area contributed by atoms with Gasteiger partial charge in [-0.1, -0.05) is 30.3 Å². The van der Waals surface area contributed by atoms with Crippen LogP contribution in [0.15, 0.2) is 60.8 Å². The lowest BCUT2D eigenvalue weighted by Crippen LogP contribution is -2.21. The Morgan fingerprint density at radius 3 is 2.58 bits per heavy atom. The molecule has 174 valence electrons. The molecule has 0 aliphatic carbocycles. The van der Waals surface area contributed by atoms with Crippen LogP contribution in [0.1, 0.15) is 29.3 Å². The van der Waals surface area contributed by atoms with E-state index in [-0.39, 0.29) is 29.4 Å². The number of ether oxygens (including phenoxy) is 1. The van der Waals surface area contributed by atoms with Crippen LogP contribution in [0.25, 0.3) is 11.4 Å². The number of hydrogen-bond acceptors (Lipinski definition) is 6. The van der Waals surface area contributed by atoms with Crippen LogP contribution < -0.4 is 10.2 Å². The Labute approximate surface area is 190 Å². The summed E-state index contributed by atoms with van der Waals surface area (Å²) < 4.78 is 44.3. The second-order valence-corrected chi connectivity index (χ2v) is 7.29. The number of esters is 1. The van der Waals surface area contributed by atoms with E-state index in [9.17, 15) is 18.0 Å². The molecule has 0 fully saturated rings. The zero-order chi connectivity index (χ0) is 23.8. The molecule has 1 N–H and O–H groups in total. The quantitative estimate of drug-likeness (QED) is 0.348. The summed E-state index contributed by atoms with van der Waals surface area (Å²) >= 11 is 0. The first-order valence-corrected chi connectivity index (χ1v) is 10.5. The average molecular weight is 458 g/mol. The second kappa shape index (κ2) is 10.8. The number of carbonyl (C=O) groups is 1. The van der Waals surface area contributed by atoms with Gasteiger partial charge in [-0.25, -0.2) is 14.8 Å². The summed E-state index contributed by atoms with van der Waals surface area (Å²) in [6, 6.07) is 14.7. The predicted molar refractivity (Wildman–Crippen MR) is 121 cm³/mol. The molecule has 6 nitrogen and oxygen atoms in total. The minimum atomic E-state index is -4.48. The summed E-state index contributed by atoms with van der Waals surface area (Å²) in [5, 5.41) is 3.11. The maximum Gasteiger partial charge on any atom is 0.416 e. The van der Waals surface area contributed by atoms with Crippen LogP contribution in [0.3, 0.4) is 0 Å². The first kappa shape index (κ1) is 24.0. The van der Waals surface area contributed by atoms with Crippen LogP contribution in [-0.4, -0.2) is 42.7 Å². The van der Waals surface area contributed by atoms with Gasteiger partial charge >= 0.3 is 12.1 Å². The number of anilines is 2. The normalized spacial score (nSPS) is 11.2. The summed E-state index contributed by atoms with van der Waals surface area (Å²) in [4.78, 5) is 22.9. The lowest BCUT2D eigenvalue weighted by molar-refractivity contribution is -0.137. The summed E-state index contributed by atoms with van der Waals surface area (Å²) in [6.45, 7) is 3.09. The molecule has 0 amide bonds. The Morgan fingerprint density at radius 1 is 1.12 bits per heavy atom. The van der Waals surface area contributed by atoms with Gasteiger partial charge in [-0.15, -0.1) is 0 Å². The van der Waals surface area contributed by atoms with E-state index in [1.807, 2.05) is 37.4 Å². The molecular weight excluding hydrogens is 433 g/mol. The molecule has 0 saturated heterocycles.